The van der Waals surface area contributed by atoms with Crippen molar-refractivity contribution in [1.82, 2.24) is 0 Å². The molecule has 0 heterocycles. The molecule has 0 spiro atoms. The summed E-state index contributed by atoms with van der Waals surface area (Å²) in [5, 5.41) is 8.64. The third-order valence-corrected chi connectivity index (χ3v) is 1.74. The Morgan fingerprint density at radius 1 is 1.17 bits per heavy atom. The average molecular weight is 164 g/mol. The Labute approximate surface area is 71.8 Å². The normalized spacial score (nSPS) is 9.75. The Morgan fingerprint density at radius 3 is 2.25 bits per heavy atom. The molecule has 1 aromatic carbocycles. The van der Waals surface area contributed by atoms with Gasteiger partial charge in [-0.25, -0.2) is 0 Å². The van der Waals surface area contributed by atoms with Gasteiger partial charge in [0, 0.05) is 13.0 Å². The quantitative estimate of drug-likeness (QED) is 0.673. The number of carbonyl (C=O) groups excluding carboxylic acids is 1. The van der Waals surface area contributed by atoms with Crippen molar-refractivity contribution in [3.63, 3.8) is 0 Å². The fourth-order valence-corrected chi connectivity index (χ4v) is 1.07. The van der Waals surface area contributed by atoms with Crippen LogP contribution in [0.15, 0.2) is 24.3 Å². The third-order valence-electron chi connectivity index (χ3n) is 1.74. The third kappa shape index (κ3) is 2.47. The largest absolute Gasteiger partial charge is 0.396 e. The summed E-state index contributed by atoms with van der Waals surface area (Å²) in [7, 11) is 0. The number of rotatable bonds is 4. The van der Waals surface area contributed by atoms with Crippen molar-refractivity contribution in [2.24, 2.45) is 0 Å². The first-order chi connectivity index (χ1) is 5.86. The minimum absolute atomic E-state index is 0.174. The van der Waals surface area contributed by atoms with Crippen molar-refractivity contribution in [3.8, 4) is 0 Å². The van der Waals surface area contributed by atoms with Gasteiger partial charge in [0.1, 0.15) is 6.29 Å². The van der Waals surface area contributed by atoms with E-state index in [1.807, 2.05) is 24.3 Å². The zero-order valence-electron chi connectivity index (χ0n) is 6.86. The van der Waals surface area contributed by atoms with Gasteiger partial charge in [-0.1, -0.05) is 24.3 Å². The van der Waals surface area contributed by atoms with Gasteiger partial charge >= 0.3 is 0 Å². The fourth-order valence-electron chi connectivity index (χ4n) is 1.07. The van der Waals surface area contributed by atoms with E-state index in [0.717, 1.165) is 17.4 Å². The second-order valence-corrected chi connectivity index (χ2v) is 2.66. The van der Waals surface area contributed by atoms with E-state index in [1.165, 1.54) is 0 Å². The van der Waals surface area contributed by atoms with Gasteiger partial charge in [0.2, 0.25) is 0 Å². The summed E-state index contributed by atoms with van der Waals surface area (Å²) in [6.07, 6.45) is 2.04. The number of hydrogen-bond donors (Lipinski definition) is 1. The molecule has 0 unspecified atom stereocenters. The molecule has 0 radical (unpaired) electrons. The van der Waals surface area contributed by atoms with Gasteiger partial charge in [-0.2, -0.15) is 0 Å². The van der Waals surface area contributed by atoms with Crippen molar-refractivity contribution in [2.45, 2.75) is 12.8 Å². The maximum Gasteiger partial charge on any atom is 0.124 e. The highest BCUT2D eigenvalue weighted by Crippen LogP contribution is 2.04. The van der Waals surface area contributed by atoms with Crippen LogP contribution in [0.3, 0.4) is 0 Å². The number of hydrogen-bond acceptors (Lipinski definition) is 2. The molecular weight excluding hydrogens is 152 g/mol. The molecule has 1 N–H and O–H groups in total. The second-order valence-electron chi connectivity index (χ2n) is 2.66. The zero-order chi connectivity index (χ0) is 8.81. The van der Waals surface area contributed by atoms with E-state index >= 15 is 0 Å². The summed E-state index contributed by atoms with van der Waals surface area (Å²) >= 11 is 0. The Balaban J connectivity index is 2.64. The van der Waals surface area contributed by atoms with Gasteiger partial charge < -0.3 is 9.90 Å². The van der Waals surface area contributed by atoms with Crippen LogP contribution in [0.2, 0.25) is 0 Å². The molecule has 1 aromatic rings. The molecular formula is C10H12O2. The Morgan fingerprint density at radius 2 is 1.75 bits per heavy atom. The number of benzene rings is 1. The molecule has 0 fully saturated rings. The van der Waals surface area contributed by atoms with E-state index in [2.05, 4.69) is 0 Å². The van der Waals surface area contributed by atoms with Gasteiger partial charge in [-0.3, -0.25) is 0 Å². The van der Waals surface area contributed by atoms with Crippen LogP contribution in [0.5, 0.6) is 0 Å². The minimum Gasteiger partial charge on any atom is -0.396 e. The van der Waals surface area contributed by atoms with E-state index in [4.69, 9.17) is 5.11 Å². The molecule has 0 atom stereocenters. The predicted molar refractivity (Wildman–Crippen MR) is 47.0 cm³/mol. The first-order valence-electron chi connectivity index (χ1n) is 3.99. The lowest BCUT2D eigenvalue weighted by Gasteiger charge is -1.98. The topological polar surface area (TPSA) is 37.3 Å². The molecule has 0 bridgehead atoms. The van der Waals surface area contributed by atoms with E-state index in [-0.39, 0.29) is 6.61 Å². The maximum absolute atomic E-state index is 10.1. The monoisotopic (exact) mass is 164 g/mol. The smallest absolute Gasteiger partial charge is 0.124 e. The van der Waals surface area contributed by atoms with Gasteiger partial charge in [0.15, 0.2) is 0 Å². The molecule has 2 heteroatoms. The molecule has 2 nitrogen and oxygen atoms in total. The first kappa shape index (κ1) is 8.94. The summed E-state index contributed by atoms with van der Waals surface area (Å²) in [4.78, 5) is 10.1. The highest BCUT2D eigenvalue weighted by molar-refractivity contribution is 5.54. The number of aliphatic hydroxyl groups is 1. The van der Waals surface area contributed by atoms with Gasteiger partial charge in [-0.15, -0.1) is 0 Å². The molecule has 0 aliphatic heterocycles. The number of aliphatic hydroxyl groups excluding tert-OH is 1. The Bertz CT molecular complexity index is 239. The van der Waals surface area contributed by atoms with Crippen molar-refractivity contribution in [1.29, 1.82) is 0 Å². The maximum atomic E-state index is 10.1. The van der Waals surface area contributed by atoms with Gasteiger partial charge in [0.25, 0.3) is 0 Å². The summed E-state index contributed by atoms with van der Waals surface area (Å²) in [6.45, 7) is 0.174. The highest BCUT2D eigenvalue weighted by Gasteiger charge is 1.92. The molecule has 0 saturated carbocycles. The minimum atomic E-state index is 0.174. The zero-order valence-corrected chi connectivity index (χ0v) is 6.86. The lowest BCUT2D eigenvalue weighted by molar-refractivity contribution is -0.107. The Hall–Kier alpha value is -1.15. The standard InChI is InChI=1S/C10H12O2/c11-7-5-9-1-2-10(4-3-9)6-8-12/h1-4,7,12H,5-6,8H2. The number of aldehydes is 1. The molecule has 0 aromatic heterocycles. The molecule has 0 saturated heterocycles. The molecule has 0 amide bonds. The molecule has 0 aliphatic carbocycles. The molecule has 1 rings (SSSR count). The van der Waals surface area contributed by atoms with Crippen LogP contribution in [-0.2, 0) is 17.6 Å². The van der Waals surface area contributed by atoms with Crippen molar-refractivity contribution in [3.05, 3.63) is 35.4 Å². The average Bonchev–Trinajstić information content (AvgIpc) is 2.09. The SMILES string of the molecule is O=CCc1ccc(CCO)cc1. The highest BCUT2D eigenvalue weighted by atomic mass is 16.2. The molecule has 12 heavy (non-hydrogen) atoms. The van der Waals surface area contributed by atoms with Crippen LogP contribution in [0, 0.1) is 0 Å². The van der Waals surface area contributed by atoms with Crippen LogP contribution in [0.4, 0.5) is 0 Å². The van der Waals surface area contributed by atoms with Crippen LogP contribution in [0.25, 0.3) is 0 Å². The van der Waals surface area contributed by atoms with E-state index in [9.17, 15) is 4.79 Å². The predicted octanol–water partition coefficient (Wildman–Crippen LogP) is 0.963. The second kappa shape index (κ2) is 4.67. The summed E-state index contributed by atoms with van der Waals surface area (Å²) in [6, 6.07) is 7.71. The number of carbonyl (C=O) groups is 1. The van der Waals surface area contributed by atoms with Gasteiger partial charge in [-0.05, 0) is 17.5 Å². The summed E-state index contributed by atoms with van der Waals surface area (Å²) < 4.78 is 0. The van der Waals surface area contributed by atoms with Crippen LogP contribution in [-0.4, -0.2) is 18.0 Å². The first-order valence-corrected chi connectivity index (χ1v) is 3.99. The van der Waals surface area contributed by atoms with Gasteiger partial charge in [0.05, 0.1) is 0 Å². The van der Waals surface area contributed by atoms with Crippen molar-refractivity contribution in [2.75, 3.05) is 6.61 Å². The molecule has 0 aliphatic rings. The van der Waals surface area contributed by atoms with Crippen molar-refractivity contribution < 1.29 is 9.90 Å². The van der Waals surface area contributed by atoms with Crippen molar-refractivity contribution >= 4 is 6.29 Å². The van der Waals surface area contributed by atoms with E-state index in [1.54, 1.807) is 0 Å². The van der Waals surface area contributed by atoms with Crippen LogP contribution in [0.1, 0.15) is 11.1 Å². The molecule has 64 valence electrons. The summed E-state index contributed by atoms with van der Waals surface area (Å²) in [5.41, 5.74) is 2.12. The lowest BCUT2D eigenvalue weighted by atomic mass is 10.1. The fraction of sp³-hybridized carbons (Fsp3) is 0.300. The van der Waals surface area contributed by atoms with Crippen LogP contribution < -0.4 is 0 Å². The summed E-state index contributed by atoms with van der Waals surface area (Å²) in [5.74, 6) is 0. The van der Waals surface area contributed by atoms with Crippen LogP contribution >= 0.6 is 0 Å². The Kier molecular flexibility index (Phi) is 3.48. The lowest BCUT2D eigenvalue weighted by Crippen LogP contribution is -1.91. The van der Waals surface area contributed by atoms with E-state index < -0.39 is 0 Å². The van der Waals surface area contributed by atoms with E-state index in [0.29, 0.717) is 12.8 Å².